The van der Waals surface area contributed by atoms with Gasteiger partial charge in [0.15, 0.2) is 0 Å². The Morgan fingerprint density at radius 1 is 0.606 bits per heavy atom. The van der Waals surface area contributed by atoms with Crippen molar-refractivity contribution in [3.8, 4) is 0 Å². The predicted molar refractivity (Wildman–Crippen MR) is 133 cm³/mol. The van der Waals surface area contributed by atoms with Crippen LogP contribution in [0.5, 0.6) is 0 Å². The number of ether oxygens (including phenoxy) is 4. The van der Waals surface area contributed by atoms with Crippen molar-refractivity contribution in [1.29, 1.82) is 0 Å². The minimum absolute atomic E-state index is 0.596. The van der Waals surface area contributed by atoms with Crippen LogP contribution in [-0.2, 0) is 32.0 Å². The molecule has 0 saturated carbocycles. The highest BCUT2D eigenvalue weighted by molar-refractivity contribution is 6.05. The van der Waals surface area contributed by atoms with E-state index in [2.05, 4.69) is 58.7 Å². The lowest BCUT2D eigenvalue weighted by atomic mass is 9.91. The molecule has 0 bridgehead atoms. The normalized spacial score (nSPS) is 18.2. The number of nitrogens with zero attached hydrogens (tertiary/aromatic N) is 1. The van der Waals surface area contributed by atoms with Crippen LogP contribution in [0.25, 0.3) is 21.5 Å². The van der Waals surface area contributed by atoms with Gasteiger partial charge in [-0.1, -0.05) is 48.5 Å². The topological polar surface area (TPSA) is 52.2 Å². The third-order valence-electron chi connectivity index (χ3n) is 6.11. The van der Waals surface area contributed by atoms with Crippen molar-refractivity contribution >= 4 is 21.5 Å². The number of hydrogen-bond acceptors (Lipinski definition) is 6. The van der Waals surface area contributed by atoms with Gasteiger partial charge >= 0.3 is 0 Å². The monoisotopic (exact) mass is 452 g/mol. The van der Waals surface area contributed by atoms with Crippen LogP contribution >= 0.6 is 0 Å². The van der Waals surface area contributed by atoms with Crippen LogP contribution in [0, 0.1) is 0 Å². The van der Waals surface area contributed by atoms with Crippen LogP contribution in [0.15, 0.2) is 48.5 Å². The zero-order valence-corrected chi connectivity index (χ0v) is 19.7. The zero-order chi connectivity index (χ0) is 22.7. The highest BCUT2D eigenvalue weighted by Gasteiger charge is 2.16. The lowest BCUT2D eigenvalue weighted by molar-refractivity contribution is 0.00206. The Kier molecular flexibility index (Phi) is 9.48. The van der Waals surface area contributed by atoms with E-state index in [9.17, 15) is 0 Å². The maximum absolute atomic E-state index is 5.85. The molecule has 0 spiro atoms. The fourth-order valence-corrected chi connectivity index (χ4v) is 4.49. The van der Waals surface area contributed by atoms with Crippen LogP contribution in [-0.4, -0.2) is 77.9 Å². The summed E-state index contributed by atoms with van der Waals surface area (Å²) in [5.74, 6) is 0. The smallest absolute Gasteiger partial charge is 0.0701 e. The maximum atomic E-state index is 5.85. The lowest BCUT2D eigenvalue weighted by Gasteiger charge is -2.25. The Bertz CT molecular complexity index is 937. The van der Waals surface area contributed by atoms with Crippen molar-refractivity contribution in [3.63, 3.8) is 0 Å². The first-order valence-corrected chi connectivity index (χ1v) is 12.0. The summed E-state index contributed by atoms with van der Waals surface area (Å²) in [5.41, 5.74) is 2.72. The average molecular weight is 453 g/mol. The Labute approximate surface area is 196 Å². The van der Waals surface area contributed by atoms with Crippen LogP contribution in [0.1, 0.15) is 11.1 Å². The summed E-state index contributed by atoms with van der Waals surface area (Å²) in [7, 11) is 2.01. The fourth-order valence-electron chi connectivity index (χ4n) is 4.49. The molecule has 1 aliphatic rings. The first-order valence-electron chi connectivity index (χ1n) is 12.0. The van der Waals surface area contributed by atoms with E-state index in [0.717, 1.165) is 26.2 Å². The van der Waals surface area contributed by atoms with Crippen molar-refractivity contribution in [2.45, 2.75) is 13.1 Å². The molecule has 4 rings (SSSR count). The standard InChI is InChI=1S/C27H36N2O4/c1-28-20-26-22-6-2-4-8-24(22)27(25-9-5-3-7-23(25)26)21-29-10-12-30-14-16-32-18-19-33-17-15-31-13-11-29/h2-9,28H,10-21H2,1H3. The summed E-state index contributed by atoms with van der Waals surface area (Å²) in [6.45, 7) is 8.34. The van der Waals surface area contributed by atoms with Crippen molar-refractivity contribution in [3.05, 3.63) is 59.7 Å². The zero-order valence-electron chi connectivity index (χ0n) is 19.7. The number of benzene rings is 3. The Morgan fingerprint density at radius 3 is 1.42 bits per heavy atom. The Hall–Kier alpha value is -2.06. The molecule has 0 aliphatic carbocycles. The van der Waals surface area contributed by atoms with Gasteiger partial charge in [-0.05, 0) is 39.7 Å². The summed E-state index contributed by atoms with van der Waals surface area (Å²) in [6, 6.07) is 17.6. The van der Waals surface area contributed by atoms with Gasteiger partial charge in [0.25, 0.3) is 0 Å². The fraction of sp³-hybridized carbons (Fsp3) is 0.481. The molecular weight excluding hydrogens is 416 g/mol. The third kappa shape index (κ3) is 6.51. The van der Waals surface area contributed by atoms with Crippen LogP contribution in [0.2, 0.25) is 0 Å². The van der Waals surface area contributed by atoms with E-state index in [1.807, 2.05) is 7.05 Å². The van der Waals surface area contributed by atoms with Crippen molar-refractivity contribution < 1.29 is 18.9 Å². The molecule has 0 aromatic heterocycles. The van der Waals surface area contributed by atoms with E-state index >= 15 is 0 Å². The van der Waals surface area contributed by atoms with Gasteiger partial charge in [-0.25, -0.2) is 0 Å². The molecule has 1 fully saturated rings. The third-order valence-corrected chi connectivity index (χ3v) is 6.11. The van der Waals surface area contributed by atoms with Gasteiger partial charge in [-0.3, -0.25) is 4.90 Å². The van der Waals surface area contributed by atoms with Crippen LogP contribution in [0.3, 0.4) is 0 Å². The molecule has 0 radical (unpaired) electrons. The number of rotatable bonds is 4. The second-order valence-electron chi connectivity index (χ2n) is 8.30. The van der Waals surface area contributed by atoms with E-state index in [1.54, 1.807) is 0 Å². The molecule has 3 aromatic rings. The second-order valence-corrected chi connectivity index (χ2v) is 8.30. The first kappa shape index (κ1) is 24.1. The highest BCUT2D eigenvalue weighted by atomic mass is 16.6. The van der Waals surface area contributed by atoms with Crippen molar-refractivity contribution in [1.82, 2.24) is 10.2 Å². The maximum Gasteiger partial charge on any atom is 0.0701 e. The van der Waals surface area contributed by atoms with Gasteiger partial charge in [0.2, 0.25) is 0 Å². The summed E-state index contributed by atoms with van der Waals surface area (Å²) in [6.07, 6.45) is 0. The van der Waals surface area contributed by atoms with E-state index in [1.165, 1.54) is 32.7 Å². The van der Waals surface area contributed by atoms with Gasteiger partial charge < -0.3 is 24.3 Å². The lowest BCUT2D eigenvalue weighted by Crippen LogP contribution is -2.31. The largest absolute Gasteiger partial charge is 0.378 e. The Balaban J connectivity index is 1.61. The van der Waals surface area contributed by atoms with Gasteiger partial charge in [0.1, 0.15) is 0 Å². The minimum atomic E-state index is 0.596. The molecule has 6 heteroatoms. The van der Waals surface area contributed by atoms with Crippen LogP contribution in [0.4, 0.5) is 0 Å². The molecule has 1 heterocycles. The first-order chi connectivity index (χ1) is 16.4. The predicted octanol–water partition coefficient (Wildman–Crippen LogP) is 3.59. The molecule has 1 N–H and O–H groups in total. The van der Waals surface area contributed by atoms with Gasteiger partial charge in [-0.2, -0.15) is 0 Å². The molecule has 0 amide bonds. The molecule has 3 aromatic carbocycles. The summed E-state index contributed by atoms with van der Waals surface area (Å²) < 4.78 is 22.8. The Morgan fingerprint density at radius 2 is 1.00 bits per heavy atom. The van der Waals surface area contributed by atoms with Crippen molar-refractivity contribution in [2.24, 2.45) is 0 Å². The minimum Gasteiger partial charge on any atom is -0.378 e. The molecule has 178 valence electrons. The molecule has 0 unspecified atom stereocenters. The van der Waals surface area contributed by atoms with E-state index in [0.29, 0.717) is 52.9 Å². The average Bonchev–Trinajstić information content (AvgIpc) is 2.86. The summed E-state index contributed by atoms with van der Waals surface area (Å²) in [5, 5.41) is 8.64. The van der Waals surface area contributed by atoms with E-state index in [-0.39, 0.29) is 0 Å². The van der Waals surface area contributed by atoms with Gasteiger partial charge in [0, 0.05) is 26.2 Å². The highest BCUT2D eigenvalue weighted by Crippen LogP contribution is 2.33. The molecular formula is C27H36N2O4. The SMILES string of the molecule is CNCc1c2ccccc2c(CN2CCOCCOCCOCCOCC2)c2ccccc12. The van der Waals surface area contributed by atoms with Crippen LogP contribution < -0.4 is 5.32 Å². The summed E-state index contributed by atoms with van der Waals surface area (Å²) >= 11 is 0. The van der Waals surface area contributed by atoms with E-state index < -0.39 is 0 Å². The second kappa shape index (κ2) is 13.0. The molecule has 0 atom stereocenters. The molecule has 1 saturated heterocycles. The van der Waals surface area contributed by atoms with Gasteiger partial charge in [0.05, 0.1) is 52.9 Å². The molecule has 6 nitrogen and oxygen atoms in total. The number of hydrogen-bond donors (Lipinski definition) is 1. The number of fused-ring (bicyclic) bond motifs is 2. The van der Waals surface area contributed by atoms with Crippen molar-refractivity contribution in [2.75, 3.05) is 73.0 Å². The van der Waals surface area contributed by atoms with E-state index in [4.69, 9.17) is 18.9 Å². The molecule has 33 heavy (non-hydrogen) atoms. The molecule has 1 aliphatic heterocycles. The van der Waals surface area contributed by atoms with Gasteiger partial charge in [-0.15, -0.1) is 0 Å². The summed E-state index contributed by atoms with van der Waals surface area (Å²) in [4.78, 5) is 2.44. The number of nitrogens with one attached hydrogen (secondary N) is 1. The quantitative estimate of drug-likeness (QED) is 0.611.